The number of rotatable bonds is 8. The summed E-state index contributed by atoms with van der Waals surface area (Å²) in [5.74, 6) is -0.159. The number of carboxylic acids is 1. The average Bonchev–Trinajstić information content (AvgIpc) is 3.21. The molecule has 1 saturated heterocycles. The van der Waals surface area contributed by atoms with Gasteiger partial charge in [-0.3, -0.25) is 9.69 Å². The van der Waals surface area contributed by atoms with Crippen LogP contribution in [0.3, 0.4) is 0 Å². The topological polar surface area (TPSA) is 112 Å². The molecule has 1 aliphatic heterocycles. The zero-order chi connectivity index (χ0) is 26.4. The van der Waals surface area contributed by atoms with Gasteiger partial charge in [-0.05, 0) is 72.8 Å². The van der Waals surface area contributed by atoms with E-state index in [1.54, 1.807) is 47.4 Å². The van der Waals surface area contributed by atoms with Gasteiger partial charge in [-0.2, -0.15) is 5.26 Å². The Morgan fingerprint density at radius 1 is 1.14 bits per heavy atom. The van der Waals surface area contributed by atoms with Crippen molar-refractivity contribution >= 4 is 40.6 Å². The van der Waals surface area contributed by atoms with Crippen molar-refractivity contribution in [3.8, 4) is 17.6 Å². The van der Waals surface area contributed by atoms with Crippen LogP contribution in [0.25, 0.3) is 6.08 Å². The number of amidine groups is 1. The van der Waals surface area contributed by atoms with Gasteiger partial charge < -0.3 is 14.6 Å². The van der Waals surface area contributed by atoms with E-state index in [0.717, 1.165) is 11.1 Å². The molecule has 0 spiro atoms. The summed E-state index contributed by atoms with van der Waals surface area (Å²) in [6.07, 6.45) is 1.77. The van der Waals surface area contributed by atoms with Gasteiger partial charge in [0.1, 0.15) is 6.61 Å². The molecular weight excluding hydrogens is 490 g/mol. The van der Waals surface area contributed by atoms with Gasteiger partial charge in [-0.15, -0.1) is 0 Å². The van der Waals surface area contributed by atoms with Gasteiger partial charge in [-0.25, -0.2) is 9.79 Å². The number of amides is 1. The molecule has 8 nitrogen and oxygen atoms in total. The van der Waals surface area contributed by atoms with Crippen molar-refractivity contribution in [3.63, 3.8) is 0 Å². The Morgan fingerprint density at radius 3 is 2.57 bits per heavy atom. The second-order valence-electron chi connectivity index (χ2n) is 7.87. The minimum atomic E-state index is -1.01. The number of nitrogens with zero attached hydrogens (tertiary/aromatic N) is 3. The number of nitriles is 1. The summed E-state index contributed by atoms with van der Waals surface area (Å²) in [7, 11) is 1.54. The van der Waals surface area contributed by atoms with Crippen LogP contribution in [0.5, 0.6) is 11.5 Å². The number of hydrogen-bond acceptors (Lipinski definition) is 7. The molecule has 0 atom stereocenters. The van der Waals surface area contributed by atoms with E-state index in [4.69, 9.17) is 14.6 Å². The Balaban J connectivity index is 1.54. The molecule has 1 N–H and O–H groups in total. The molecule has 3 aromatic rings. The molecule has 1 aliphatic rings. The molecule has 9 heteroatoms. The summed E-state index contributed by atoms with van der Waals surface area (Å²) in [6, 6.07) is 20.9. The van der Waals surface area contributed by atoms with E-state index in [1.165, 1.54) is 31.0 Å². The maximum absolute atomic E-state index is 13.0. The molecule has 0 aromatic heterocycles. The number of thioether (sulfide) groups is 1. The summed E-state index contributed by atoms with van der Waals surface area (Å²) in [6.45, 7) is 2.52. The minimum absolute atomic E-state index is 0.166. The van der Waals surface area contributed by atoms with E-state index >= 15 is 0 Å². The number of carbonyl (C=O) groups excluding carboxylic acids is 1. The van der Waals surface area contributed by atoms with E-state index in [1.807, 2.05) is 25.1 Å². The van der Waals surface area contributed by atoms with Crippen molar-refractivity contribution in [2.24, 2.45) is 4.99 Å². The fraction of sp³-hybridized carbons (Fsp3) is 0.143. The number of ether oxygens (including phenoxy) is 2. The Bertz CT molecular complexity index is 1440. The van der Waals surface area contributed by atoms with Crippen LogP contribution >= 0.6 is 11.8 Å². The predicted molar refractivity (Wildman–Crippen MR) is 142 cm³/mol. The fourth-order valence-electron chi connectivity index (χ4n) is 3.61. The highest BCUT2D eigenvalue weighted by Gasteiger charge is 2.32. The molecule has 0 saturated carbocycles. The maximum Gasteiger partial charge on any atom is 0.335 e. The van der Waals surface area contributed by atoms with Crippen molar-refractivity contribution in [2.45, 2.75) is 13.5 Å². The summed E-state index contributed by atoms with van der Waals surface area (Å²) < 4.78 is 11.4. The number of benzene rings is 3. The average molecular weight is 514 g/mol. The van der Waals surface area contributed by atoms with Crippen LogP contribution in [0.1, 0.15) is 34.0 Å². The van der Waals surface area contributed by atoms with Gasteiger partial charge in [0.2, 0.25) is 0 Å². The second kappa shape index (κ2) is 11.5. The van der Waals surface area contributed by atoms with E-state index < -0.39 is 5.97 Å². The molecule has 1 heterocycles. The highest BCUT2D eigenvalue weighted by Crippen LogP contribution is 2.36. The second-order valence-corrected chi connectivity index (χ2v) is 8.88. The Hall–Kier alpha value is -4.55. The molecule has 0 bridgehead atoms. The largest absolute Gasteiger partial charge is 0.493 e. The van der Waals surface area contributed by atoms with Gasteiger partial charge in [0.05, 0.1) is 34.9 Å². The highest BCUT2D eigenvalue weighted by molar-refractivity contribution is 8.18. The summed E-state index contributed by atoms with van der Waals surface area (Å²) in [4.78, 5) is 30.7. The first kappa shape index (κ1) is 25.5. The van der Waals surface area contributed by atoms with E-state index in [-0.39, 0.29) is 18.1 Å². The molecule has 0 unspecified atom stereocenters. The number of aromatic carboxylic acids is 1. The Labute approximate surface area is 218 Å². The lowest BCUT2D eigenvalue weighted by Gasteiger charge is -2.12. The Morgan fingerprint density at radius 2 is 1.89 bits per heavy atom. The molecule has 1 fully saturated rings. The first-order valence-electron chi connectivity index (χ1n) is 11.4. The Kier molecular flexibility index (Phi) is 7.91. The van der Waals surface area contributed by atoms with Crippen molar-refractivity contribution in [1.82, 2.24) is 4.90 Å². The molecule has 0 aliphatic carbocycles. The van der Waals surface area contributed by atoms with Gasteiger partial charge >= 0.3 is 5.97 Å². The number of carboxylic acid groups (broad SMARTS) is 1. The lowest BCUT2D eigenvalue weighted by molar-refractivity contribution is -0.122. The number of hydrogen-bond donors (Lipinski definition) is 1. The van der Waals surface area contributed by atoms with Crippen molar-refractivity contribution in [1.29, 1.82) is 5.26 Å². The van der Waals surface area contributed by atoms with Gasteiger partial charge in [0.15, 0.2) is 16.7 Å². The third kappa shape index (κ3) is 5.82. The maximum atomic E-state index is 13.0. The molecule has 37 heavy (non-hydrogen) atoms. The summed E-state index contributed by atoms with van der Waals surface area (Å²) in [5.41, 5.74) is 2.80. The van der Waals surface area contributed by atoms with Crippen LogP contribution in [-0.2, 0) is 11.4 Å². The van der Waals surface area contributed by atoms with Crippen molar-refractivity contribution in [2.75, 3.05) is 13.7 Å². The summed E-state index contributed by atoms with van der Waals surface area (Å²) >= 11 is 1.25. The number of methoxy groups -OCH3 is 1. The molecule has 3 aromatic carbocycles. The van der Waals surface area contributed by atoms with E-state index in [2.05, 4.69) is 11.1 Å². The van der Waals surface area contributed by atoms with Gasteiger partial charge in [0.25, 0.3) is 5.91 Å². The third-order valence-corrected chi connectivity index (χ3v) is 6.56. The van der Waals surface area contributed by atoms with Crippen LogP contribution in [0.15, 0.2) is 76.6 Å². The van der Waals surface area contributed by atoms with Crippen LogP contribution in [0.4, 0.5) is 5.69 Å². The zero-order valence-electron chi connectivity index (χ0n) is 20.2. The van der Waals surface area contributed by atoms with Gasteiger partial charge in [-0.1, -0.05) is 24.3 Å². The zero-order valence-corrected chi connectivity index (χ0v) is 21.0. The van der Waals surface area contributed by atoms with Gasteiger partial charge in [0, 0.05) is 12.1 Å². The molecule has 4 rings (SSSR count). The third-order valence-electron chi connectivity index (χ3n) is 5.55. The van der Waals surface area contributed by atoms with Crippen LogP contribution in [0, 0.1) is 11.3 Å². The molecule has 186 valence electrons. The van der Waals surface area contributed by atoms with E-state index in [9.17, 15) is 14.9 Å². The monoisotopic (exact) mass is 513 g/mol. The molecule has 1 amide bonds. The highest BCUT2D eigenvalue weighted by atomic mass is 32.2. The smallest absolute Gasteiger partial charge is 0.335 e. The number of likely N-dealkylation sites (N-methyl/N-ethyl adjacent to an activating group) is 1. The SMILES string of the molecule is CCN1C(=O)C(=Cc2ccc(OCc3ccccc3C#N)c(OC)c2)SC1=Nc1ccc(C(=O)O)cc1. The molecular formula is C28H23N3O5S. The first-order chi connectivity index (χ1) is 17.9. The lowest BCUT2D eigenvalue weighted by Crippen LogP contribution is -2.28. The quantitative estimate of drug-likeness (QED) is 0.398. The predicted octanol–water partition coefficient (Wildman–Crippen LogP) is 5.47. The number of aliphatic imine (C=N–C) groups is 1. The fourth-order valence-corrected chi connectivity index (χ4v) is 4.68. The van der Waals surface area contributed by atoms with Crippen molar-refractivity contribution in [3.05, 3.63) is 93.9 Å². The normalized spacial score (nSPS) is 15.2. The minimum Gasteiger partial charge on any atom is -0.493 e. The van der Waals surface area contributed by atoms with Crippen LogP contribution in [0.2, 0.25) is 0 Å². The number of carbonyl (C=O) groups is 2. The summed E-state index contributed by atoms with van der Waals surface area (Å²) in [5, 5.41) is 18.9. The van der Waals surface area contributed by atoms with Crippen LogP contribution < -0.4 is 9.47 Å². The molecule has 0 radical (unpaired) electrons. The van der Waals surface area contributed by atoms with Crippen molar-refractivity contribution < 1.29 is 24.2 Å². The lowest BCUT2D eigenvalue weighted by atomic mass is 10.1. The van der Waals surface area contributed by atoms with E-state index in [0.29, 0.717) is 39.4 Å². The van der Waals surface area contributed by atoms with Crippen LogP contribution in [-0.4, -0.2) is 40.7 Å². The first-order valence-corrected chi connectivity index (χ1v) is 12.2. The standard InChI is InChI=1S/C28H23N3O5S/c1-3-31-26(32)25(37-28(31)30-22-11-9-19(10-12-22)27(33)34)15-18-8-13-23(24(14-18)35-2)36-17-21-7-5-4-6-20(21)16-29/h4-15H,3,17H2,1-2H3,(H,33,34).